The van der Waals surface area contributed by atoms with Gasteiger partial charge in [0.15, 0.2) is 11.4 Å². The van der Waals surface area contributed by atoms with E-state index in [-0.39, 0.29) is 17.8 Å². The number of likely N-dealkylation sites (tertiary alicyclic amines) is 2. The van der Waals surface area contributed by atoms with E-state index in [2.05, 4.69) is 43.9 Å². The number of esters is 2. The Labute approximate surface area is 351 Å². The molecule has 2 aliphatic carbocycles. The number of fused-ring (bicyclic) bond motifs is 2. The van der Waals surface area contributed by atoms with Crippen molar-refractivity contribution in [3.05, 3.63) is 92.5 Å². The van der Waals surface area contributed by atoms with Crippen molar-refractivity contribution in [1.29, 1.82) is 0 Å². The Hall–Kier alpha value is -5.74. The van der Waals surface area contributed by atoms with Crippen molar-refractivity contribution in [3.8, 4) is 35.6 Å². The van der Waals surface area contributed by atoms with Crippen LogP contribution in [0.1, 0.15) is 88.6 Å². The Balaban J connectivity index is 0.000000168. The van der Waals surface area contributed by atoms with E-state index in [1.807, 2.05) is 60.1 Å². The van der Waals surface area contributed by atoms with E-state index >= 15 is 0 Å². The summed E-state index contributed by atoms with van der Waals surface area (Å²) >= 11 is 3.47. The molecule has 2 atom stereocenters. The molecule has 0 unspecified atom stereocenters. The van der Waals surface area contributed by atoms with Gasteiger partial charge in [-0.25, -0.2) is 19.0 Å². The molecule has 8 rings (SSSR count). The summed E-state index contributed by atoms with van der Waals surface area (Å²) in [5.41, 5.74) is 4.26. The lowest BCUT2D eigenvalue weighted by Gasteiger charge is -2.13. The van der Waals surface area contributed by atoms with Crippen molar-refractivity contribution in [2.75, 3.05) is 40.4 Å². The first-order chi connectivity index (χ1) is 28.2. The zero-order valence-corrected chi connectivity index (χ0v) is 35.2. The van der Waals surface area contributed by atoms with Gasteiger partial charge in [0.2, 0.25) is 11.2 Å². The molecular formula is C44H47BrN6O8. The van der Waals surface area contributed by atoms with Gasteiger partial charge in [-0.3, -0.25) is 9.59 Å². The lowest BCUT2D eigenvalue weighted by Crippen LogP contribution is -2.37. The van der Waals surface area contributed by atoms with Crippen LogP contribution in [0.3, 0.4) is 0 Å². The second kappa shape index (κ2) is 18.0. The number of ether oxygens (including phenoxy) is 2. The number of nitrogens with zero attached hydrogens (tertiary/aromatic N) is 6. The number of carbonyl (C=O) groups is 4. The predicted molar refractivity (Wildman–Crippen MR) is 221 cm³/mol. The summed E-state index contributed by atoms with van der Waals surface area (Å²) in [6.45, 7) is 5.29. The second-order valence-electron chi connectivity index (χ2n) is 14.6. The van der Waals surface area contributed by atoms with Crippen LogP contribution in [0.15, 0.2) is 53.0 Å². The average Bonchev–Trinajstić information content (AvgIpc) is 4.09. The molecule has 308 valence electrons. The summed E-state index contributed by atoms with van der Waals surface area (Å²) in [4.78, 5) is 50.3. The standard InChI is InChI=1S/C22H23N3O4.C15H15BrN2O2.C7H9NO2/c1-3-29-20(26)19-17-8-5-9-18(17)25(23-19)16-7-4-6-15(14-16)10-11-22(28)12-13-24(2)21(22)27;1-2-20-15(19)14-12-7-4-8-13(12)18(17-14)11-6-3-5-10(16)9-11;1-3-7(10)4-5-8(2)6(7)9/h4,6-7,14,28H,3,5,8-9,12-13H2,1-2H3;3,5-6,9H,2,4,7-8H2,1H3;1,10H,4-5H2,2H3/t22-;;7-/m0.0/s1. The number of rotatable bonds is 6. The molecule has 59 heavy (non-hydrogen) atoms. The van der Waals surface area contributed by atoms with Gasteiger partial charge in [-0.15, -0.1) is 6.42 Å². The molecular weight excluding hydrogens is 820 g/mol. The van der Waals surface area contributed by atoms with Gasteiger partial charge in [-0.1, -0.05) is 45.8 Å². The highest BCUT2D eigenvalue weighted by Crippen LogP contribution is 2.30. The Morgan fingerprint density at radius 1 is 0.780 bits per heavy atom. The first kappa shape index (κ1) is 42.9. The van der Waals surface area contributed by atoms with Gasteiger partial charge < -0.3 is 29.5 Å². The van der Waals surface area contributed by atoms with Crippen LogP contribution in [0.2, 0.25) is 0 Å². The number of aromatic nitrogens is 4. The monoisotopic (exact) mass is 866 g/mol. The number of likely N-dealkylation sites (N-methyl/N-ethyl adjacent to an activating group) is 2. The number of benzene rings is 2. The smallest absolute Gasteiger partial charge is 0.359 e. The lowest BCUT2D eigenvalue weighted by atomic mass is 10.0. The molecule has 2 N–H and O–H groups in total. The fraction of sp³-hybridized carbons (Fsp3) is 0.409. The predicted octanol–water partition coefficient (Wildman–Crippen LogP) is 4.00. The van der Waals surface area contributed by atoms with Crippen molar-refractivity contribution in [1.82, 2.24) is 29.4 Å². The molecule has 0 radical (unpaired) electrons. The van der Waals surface area contributed by atoms with E-state index in [4.69, 9.17) is 15.9 Å². The SMILES string of the molecule is C#C[C@]1(O)CCN(C)C1=O.CCOC(=O)c1nn(-c2cccc(Br)c2)c2c1CCC2.CCOC(=O)c1nn(-c2cccc(C#C[C@]3(O)CCN(C)C3=O)c2)c2c1CCC2. The third kappa shape index (κ3) is 8.98. The van der Waals surface area contributed by atoms with Crippen LogP contribution in [0, 0.1) is 24.2 Å². The van der Waals surface area contributed by atoms with Gasteiger partial charge in [0, 0.05) is 72.6 Å². The van der Waals surface area contributed by atoms with E-state index in [1.54, 1.807) is 25.7 Å². The number of halogens is 1. The number of hydrogen-bond acceptors (Lipinski definition) is 10. The van der Waals surface area contributed by atoms with Crippen LogP contribution in [-0.4, -0.2) is 115 Å². The molecule has 2 aromatic heterocycles. The van der Waals surface area contributed by atoms with E-state index in [0.717, 1.165) is 76.9 Å². The molecule has 4 aromatic rings. The zero-order chi connectivity index (χ0) is 42.5. The van der Waals surface area contributed by atoms with Crippen LogP contribution in [0.5, 0.6) is 0 Å². The summed E-state index contributed by atoms with van der Waals surface area (Å²) in [5.74, 6) is 6.29. The largest absolute Gasteiger partial charge is 0.461 e. The number of terminal acetylenes is 1. The maximum Gasteiger partial charge on any atom is 0.359 e. The van der Waals surface area contributed by atoms with Crippen LogP contribution in [0.4, 0.5) is 0 Å². The van der Waals surface area contributed by atoms with E-state index in [9.17, 15) is 29.4 Å². The highest BCUT2D eigenvalue weighted by Gasteiger charge is 2.43. The first-order valence-corrected chi connectivity index (χ1v) is 20.4. The van der Waals surface area contributed by atoms with E-state index in [0.29, 0.717) is 56.1 Å². The van der Waals surface area contributed by atoms with Crippen molar-refractivity contribution < 1.29 is 38.9 Å². The molecule has 14 nitrogen and oxygen atoms in total. The van der Waals surface area contributed by atoms with Crippen LogP contribution in [0.25, 0.3) is 11.4 Å². The maximum absolute atomic E-state index is 12.3. The van der Waals surface area contributed by atoms with Gasteiger partial charge in [-0.2, -0.15) is 10.2 Å². The Morgan fingerprint density at radius 3 is 1.71 bits per heavy atom. The molecule has 2 fully saturated rings. The highest BCUT2D eigenvalue weighted by molar-refractivity contribution is 9.10. The normalized spacial score (nSPS) is 20.0. The summed E-state index contributed by atoms with van der Waals surface area (Å²) < 4.78 is 14.9. The highest BCUT2D eigenvalue weighted by atomic mass is 79.9. The molecule has 0 bridgehead atoms. The second-order valence-corrected chi connectivity index (χ2v) is 15.5. The van der Waals surface area contributed by atoms with Crippen LogP contribution in [-0.2, 0) is 44.7 Å². The van der Waals surface area contributed by atoms with Crippen molar-refractivity contribution in [3.63, 3.8) is 0 Å². The summed E-state index contributed by atoms with van der Waals surface area (Å²) in [7, 11) is 3.28. The average molecular weight is 868 g/mol. The fourth-order valence-electron chi connectivity index (χ4n) is 7.48. The van der Waals surface area contributed by atoms with Crippen molar-refractivity contribution in [2.45, 2.75) is 76.4 Å². The van der Waals surface area contributed by atoms with Gasteiger partial charge in [0.25, 0.3) is 11.8 Å². The summed E-state index contributed by atoms with van der Waals surface area (Å²) in [5, 5.41) is 28.8. The number of hydrogen-bond donors (Lipinski definition) is 2. The Morgan fingerprint density at radius 2 is 1.27 bits per heavy atom. The molecule has 4 aliphatic rings. The van der Waals surface area contributed by atoms with Gasteiger partial charge in [0.1, 0.15) is 0 Å². The van der Waals surface area contributed by atoms with E-state index in [1.165, 1.54) is 9.80 Å². The summed E-state index contributed by atoms with van der Waals surface area (Å²) in [6, 6.07) is 15.3. The minimum absolute atomic E-state index is 0.296. The molecule has 0 saturated carbocycles. The number of carbonyl (C=O) groups excluding carboxylic acids is 4. The molecule has 2 saturated heterocycles. The molecule has 2 amide bonds. The van der Waals surface area contributed by atoms with Gasteiger partial charge in [-0.05, 0) is 88.8 Å². The summed E-state index contributed by atoms with van der Waals surface area (Å²) in [6.07, 6.45) is 11.2. The van der Waals surface area contributed by atoms with Gasteiger partial charge >= 0.3 is 11.9 Å². The minimum atomic E-state index is -1.63. The topological polar surface area (TPSA) is 169 Å². The molecule has 2 aliphatic heterocycles. The van der Waals surface area contributed by atoms with Gasteiger partial charge in [0.05, 0.1) is 24.6 Å². The lowest BCUT2D eigenvalue weighted by molar-refractivity contribution is -0.138. The fourth-order valence-corrected chi connectivity index (χ4v) is 7.87. The third-order valence-corrected chi connectivity index (χ3v) is 11.1. The molecule has 4 heterocycles. The third-order valence-electron chi connectivity index (χ3n) is 10.6. The van der Waals surface area contributed by atoms with Crippen molar-refractivity contribution >= 4 is 39.7 Å². The Kier molecular flexibility index (Phi) is 13.1. The van der Waals surface area contributed by atoms with E-state index < -0.39 is 17.2 Å². The van der Waals surface area contributed by atoms with Crippen LogP contribution < -0.4 is 0 Å². The maximum atomic E-state index is 12.3. The Bertz CT molecular complexity index is 2390. The van der Waals surface area contributed by atoms with Crippen molar-refractivity contribution in [2.24, 2.45) is 0 Å². The number of amides is 2. The minimum Gasteiger partial charge on any atom is -0.461 e. The quantitative estimate of drug-likeness (QED) is 0.214. The first-order valence-electron chi connectivity index (χ1n) is 19.6. The van der Waals surface area contributed by atoms with Crippen LogP contribution >= 0.6 is 15.9 Å². The molecule has 0 spiro atoms. The number of aliphatic hydroxyl groups is 2. The zero-order valence-electron chi connectivity index (χ0n) is 33.6. The molecule has 2 aromatic carbocycles. The molecule has 15 heteroatoms.